The zero-order chi connectivity index (χ0) is 19.8. The van der Waals surface area contributed by atoms with Gasteiger partial charge in [-0.15, -0.1) is 0 Å². The lowest BCUT2D eigenvalue weighted by atomic mass is 10.1. The second-order valence-electron chi connectivity index (χ2n) is 5.81. The van der Waals surface area contributed by atoms with Crippen LogP contribution in [0.2, 0.25) is 0 Å². The van der Waals surface area contributed by atoms with Crippen molar-refractivity contribution >= 4 is 17.8 Å². The molecule has 4 rings (SSSR count). The first-order valence-corrected chi connectivity index (χ1v) is 8.54. The first-order chi connectivity index (χ1) is 13.6. The molecule has 3 aromatic carbocycles. The predicted octanol–water partition coefficient (Wildman–Crippen LogP) is 3.55. The molecule has 1 N–H and O–H groups in total. The van der Waals surface area contributed by atoms with Gasteiger partial charge in [0.1, 0.15) is 0 Å². The molecule has 1 amide bonds. The third-order valence-electron chi connectivity index (χ3n) is 3.91. The van der Waals surface area contributed by atoms with Crippen LogP contribution in [0.5, 0.6) is 0 Å². The van der Waals surface area contributed by atoms with Gasteiger partial charge in [0.2, 0.25) is 0 Å². The summed E-state index contributed by atoms with van der Waals surface area (Å²) < 4.78 is 0. The van der Waals surface area contributed by atoms with E-state index in [0.29, 0.717) is 17.7 Å². The van der Waals surface area contributed by atoms with E-state index in [1.807, 2.05) is 24.3 Å². The van der Waals surface area contributed by atoms with Gasteiger partial charge in [0, 0.05) is 12.1 Å². The maximum Gasteiger partial charge on any atom is 0.386 e. The average Bonchev–Trinajstić information content (AvgIpc) is 3.14. The molecule has 0 aliphatic carbocycles. The summed E-state index contributed by atoms with van der Waals surface area (Å²) in [6.45, 7) is 0.689. The largest absolute Gasteiger partial charge is 0.386 e. The Labute approximate surface area is 161 Å². The van der Waals surface area contributed by atoms with Crippen molar-refractivity contribution in [2.24, 2.45) is 0 Å². The minimum Gasteiger partial charge on any atom is -0.348 e. The molecule has 3 aromatic rings. The SMILES string of the molecule is O=C(OOC(=O)c1ccccc1)c1ccccc1.O=C1NCc2ccccc21. The van der Waals surface area contributed by atoms with E-state index in [0.717, 1.165) is 11.1 Å². The van der Waals surface area contributed by atoms with E-state index in [1.54, 1.807) is 60.7 Å². The number of nitrogens with one attached hydrogen (secondary N) is 1. The summed E-state index contributed by atoms with van der Waals surface area (Å²) in [5.74, 6) is -1.37. The van der Waals surface area contributed by atoms with Gasteiger partial charge < -0.3 is 5.32 Å². The van der Waals surface area contributed by atoms with Crippen molar-refractivity contribution in [3.05, 3.63) is 107 Å². The fourth-order valence-electron chi connectivity index (χ4n) is 2.49. The van der Waals surface area contributed by atoms with Crippen molar-refractivity contribution in [3.63, 3.8) is 0 Å². The Balaban J connectivity index is 0.000000188. The third kappa shape index (κ3) is 4.82. The van der Waals surface area contributed by atoms with Gasteiger partial charge in [-0.3, -0.25) is 4.79 Å². The Hall–Kier alpha value is -3.93. The summed E-state index contributed by atoms with van der Waals surface area (Å²) in [6.07, 6.45) is 0. The van der Waals surface area contributed by atoms with Gasteiger partial charge in [-0.05, 0) is 35.9 Å². The lowest BCUT2D eigenvalue weighted by Gasteiger charge is -2.02. The average molecular weight is 375 g/mol. The molecule has 0 bridgehead atoms. The highest BCUT2D eigenvalue weighted by Gasteiger charge is 2.16. The molecule has 0 aromatic heterocycles. The van der Waals surface area contributed by atoms with Crippen molar-refractivity contribution in [2.45, 2.75) is 6.54 Å². The number of carbonyl (C=O) groups excluding carboxylic acids is 3. The van der Waals surface area contributed by atoms with Crippen LogP contribution < -0.4 is 5.32 Å². The molecule has 1 aliphatic rings. The van der Waals surface area contributed by atoms with E-state index in [4.69, 9.17) is 0 Å². The van der Waals surface area contributed by atoms with Crippen LogP contribution in [0.15, 0.2) is 84.9 Å². The zero-order valence-electron chi connectivity index (χ0n) is 14.8. The van der Waals surface area contributed by atoms with Gasteiger partial charge in [0.05, 0.1) is 11.1 Å². The van der Waals surface area contributed by atoms with Crippen LogP contribution in [0.3, 0.4) is 0 Å². The molecule has 0 unspecified atom stereocenters. The fourth-order valence-corrected chi connectivity index (χ4v) is 2.49. The molecular weight excluding hydrogens is 358 g/mol. The molecule has 0 saturated carbocycles. The number of rotatable bonds is 2. The number of amides is 1. The van der Waals surface area contributed by atoms with Crippen molar-refractivity contribution in [2.75, 3.05) is 0 Å². The first kappa shape index (κ1) is 18.8. The Kier molecular flexibility index (Phi) is 6.15. The highest BCUT2D eigenvalue weighted by molar-refractivity contribution is 5.98. The van der Waals surface area contributed by atoms with E-state index in [2.05, 4.69) is 15.1 Å². The highest BCUT2D eigenvalue weighted by Crippen LogP contribution is 2.13. The minimum atomic E-state index is -0.708. The van der Waals surface area contributed by atoms with Crippen LogP contribution in [0.4, 0.5) is 0 Å². The normalized spacial score (nSPS) is 11.4. The molecule has 0 radical (unpaired) electrons. The molecule has 0 atom stereocenters. The lowest BCUT2D eigenvalue weighted by Crippen LogP contribution is -2.12. The summed E-state index contributed by atoms with van der Waals surface area (Å²) in [4.78, 5) is 42.8. The maximum absolute atomic E-state index is 11.5. The van der Waals surface area contributed by atoms with Crippen LogP contribution in [-0.4, -0.2) is 17.8 Å². The van der Waals surface area contributed by atoms with Crippen LogP contribution in [-0.2, 0) is 16.3 Å². The van der Waals surface area contributed by atoms with E-state index in [1.165, 1.54) is 0 Å². The second kappa shape index (κ2) is 9.14. The molecule has 6 nitrogen and oxygen atoms in total. The van der Waals surface area contributed by atoms with Gasteiger partial charge in [-0.2, -0.15) is 0 Å². The summed E-state index contributed by atoms with van der Waals surface area (Å²) in [6, 6.07) is 24.2. The Morgan fingerprint density at radius 3 is 1.64 bits per heavy atom. The van der Waals surface area contributed by atoms with Crippen LogP contribution >= 0.6 is 0 Å². The van der Waals surface area contributed by atoms with Crippen LogP contribution in [0.1, 0.15) is 36.6 Å². The van der Waals surface area contributed by atoms with E-state index in [-0.39, 0.29) is 5.91 Å². The van der Waals surface area contributed by atoms with Gasteiger partial charge in [-0.1, -0.05) is 54.6 Å². The highest BCUT2D eigenvalue weighted by atomic mass is 17.2. The van der Waals surface area contributed by atoms with Crippen LogP contribution in [0, 0.1) is 0 Å². The summed E-state index contributed by atoms with van der Waals surface area (Å²) in [5.41, 5.74) is 2.56. The first-order valence-electron chi connectivity index (χ1n) is 8.54. The van der Waals surface area contributed by atoms with Gasteiger partial charge in [0.15, 0.2) is 0 Å². The standard InChI is InChI=1S/C14H10O4.C8H7NO/c15-13(11-7-3-1-4-8-11)17-18-14(16)12-9-5-2-6-10-12;10-8-7-4-2-1-3-6(7)5-9-8/h1-10H;1-4H,5H2,(H,9,10). The molecule has 1 aliphatic heterocycles. The monoisotopic (exact) mass is 375 g/mol. The maximum atomic E-state index is 11.5. The van der Waals surface area contributed by atoms with Crippen molar-refractivity contribution in [1.82, 2.24) is 5.32 Å². The summed E-state index contributed by atoms with van der Waals surface area (Å²) >= 11 is 0. The molecule has 28 heavy (non-hydrogen) atoms. The number of benzene rings is 3. The molecule has 140 valence electrons. The molecular formula is C22H17NO5. The summed E-state index contributed by atoms with van der Waals surface area (Å²) in [5, 5.41) is 2.75. The molecule has 0 saturated heterocycles. The third-order valence-corrected chi connectivity index (χ3v) is 3.91. The number of hydrogen-bond acceptors (Lipinski definition) is 5. The zero-order valence-corrected chi connectivity index (χ0v) is 14.8. The van der Waals surface area contributed by atoms with Crippen LogP contribution in [0.25, 0.3) is 0 Å². The quantitative estimate of drug-likeness (QED) is 0.547. The second-order valence-corrected chi connectivity index (χ2v) is 5.81. The predicted molar refractivity (Wildman–Crippen MR) is 101 cm³/mol. The Morgan fingerprint density at radius 2 is 1.14 bits per heavy atom. The Morgan fingerprint density at radius 1 is 0.679 bits per heavy atom. The lowest BCUT2D eigenvalue weighted by molar-refractivity contribution is -0.187. The number of fused-ring (bicyclic) bond motifs is 1. The topological polar surface area (TPSA) is 81.7 Å². The van der Waals surface area contributed by atoms with Crippen molar-refractivity contribution < 1.29 is 24.2 Å². The van der Waals surface area contributed by atoms with Gasteiger partial charge in [0.25, 0.3) is 5.91 Å². The fraction of sp³-hybridized carbons (Fsp3) is 0.0455. The summed E-state index contributed by atoms with van der Waals surface area (Å²) in [7, 11) is 0. The minimum absolute atomic E-state index is 0.0515. The Bertz CT molecular complexity index is 919. The molecule has 0 fully saturated rings. The van der Waals surface area contributed by atoms with Crippen molar-refractivity contribution in [1.29, 1.82) is 0 Å². The van der Waals surface area contributed by atoms with Gasteiger partial charge in [-0.25, -0.2) is 19.4 Å². The van der Waals surface area contributed by atoms with Gasteiger partial charge >= 0.3 is 11.9 Å². The number of carbonyl (C=O) groups is 3. The van der Waals surface area contributed by atoms with E-state index < -0.39 is 11.9 Å². The van der Waals surface area contributed by atoms with Crippen molar-refractivity contribution in [3.8, 4) is 0 Å². The molecule has 6 heteroatoms. The number of hydrogen-bond donors (Lipinski definition) is 1. The smallest absolute Gasteiger partial charge is 0.348 e. The molecule has 0 spiro atoms. The molecule has 1 heterocycles. The van der Waals surface area contributed by atoms with E-state index >= 15 is 0 Å². The van der Waals surface area contributed by atoms with E-state index in [9.17, 15) is 14.4 Å².